The topological polar surface area (TPSA) is 41.6 Å². The summed E-state index contributed by atoms with van der Waals surface area (Å²) in [5.74, 6) is -0.129. The lowest BCUT2D eigenvalue weighted by Crippen LogP contribution is -2.50. The van der Waals surface area contributed by atoms with Crippen LogP contribution < -0.4 is 5.32 Å². The number of nitrogens with one attached hydrogen (secondary N) is 1. The first-order valence-electron chi connectivity index (χ1n) is 7.58. The number of nitrogens with zero attached hydrogens (tertiary/aromatic N) is 1. The first-order valence-corrected chi connectivity index (χ1v) is 8.37. The predicted molar refractivity (Wildman–Crippen MR) is 86.3 cm³/mol. The van der Waals surface area contributed by atoms with E-state index in [1.807, 2.05) is 31.2 Å². The Balaban J connectivity index is 1.78. The van der Waals surface area contributed by atoms with Crippen LogP contribution in [-0.4, -0.2) is 42.1 Å². The third kappa shape index (κ3) is 3.24. The standard InChI is InChI=1S/C16H21BrN2O2/c1-2-21-15(20)16(9-10-19(11-16)14-7-8-14)18-13-5-3-12(17)4-6-13/h3-6,14,18H,2,7-11H2,1H3. The lowest BCUT2D eigenvalue weighted by molar-refractivity contribution is -0.148. The second-order valence-electron chi connectivity index (χ2n) is 5.89. The summed E-state index contributed by atoms with van der Waals surface area (Å²) in [6, 6.07) is 8.62. The van der Waals surface area contributed by atoms with Crippen LogP contribution in [0.1, 0.15) is 26.2 Å². The van der Waals surface area contributed by atoms with Crippen molar-refractivity contribution in [2.24, 2.45) is 0 Å². The van der Waals surface area contributed by atoms with E-state index in [4.69, 9.17) is 4.74 Å². The molecular weight excluding hydrogens is 332 g/mol. The molecule has 2 aliphatic rings. The van der Waals surface area contributed by atoms with E-state index in [-0.39, 0.29) is 5.97 Å². The number of ether oxygens (including phenoxy) is 1. The molecule has 1 N–H and O–H groups in total. The van der Waals surface area contributed by atoms with E-state index >= 15 is 0 Å². The highest BCUT2D eigenvalue weighted by atomic mass is 79.9. The highest BCUT2D eigenvalue weighted by molar-refractivity contribution is 9.10. The van der Waals surface area contributed by atoms with Crippen molar-refractivity contribution >= 4 is 27.6 Å². The maximum atomic E-state index is 12.5. The van der Waals surface area contributed by atoms with Crippen LogP contribution in [0.3, 0.4) is 0 Å². The molecule has 1 aromatic carbocycles. The van der Waals surface area contributed by atoms with Gasteiger partial charge in [-0.15, -0.1) is 0 Å². The smallest absolute Gasteiger partial charge is 0.333 e. The number of hydrogen-bond acceptors (Lipinski definition) is 4. The molecule has 1 heterocycles. The van der Waals surface area contributed by atoms with Crippen molar-refractivity contribution in [2.45, 2.75) is 37.8 Å². The molecular formula is C16H21BrN2O2. The number of hydrogen-bond donors (Lipinski definition) is 1. The van der Waals surface area contributed by atoms with Gasteiger partial charge in [-0.05, 0) is 50.5 Å². The van der Waals surface area contributed by atoms with Crippen LogP contribution in [0.5, 0.6) is 0 Å². The Hall–Kier alpha value is -1.07. The average Bonchev–Trinajstić information content (AvgIpc) is 3.23. The predicted octanol–water partition coefficient (Wildman–Crippen LogP) is 3.03. The Kier molecular flexibility index (Phi) is 4.22. The van der Waals surface area contributed by atoms with Crippen molar-refractivity contribution in [3.8, 4) is 0 Å². The Labute approximate surface area is 134 Å². The van der Waals surface area contributed by atoms with Gasteiger partial charge in [0.1, 0.15) is 5.54 Å². The van der Waals surface area contributed by atoms with Crippen molar-refractivity contribution in [1.29, 1.82) is 0 Å². The second-order valence-corrected chi connectivity index (χ2v) is 6.80. The lowest BCUT2D eigenvalue weighted by Gasteiger charge is -2.29. The van der Waals surface area contributed by atoms with E-state index in [1.54, 1.807) is 0 Å². The van der Waals surface area contributed by atoms with Gasteiger partial charge in [0.15, 0.2) is 0 Å². The van der Waals surface area contributed by atoms with Gasteiger partial charge >= 0.3 is 5.97 Å². The number of likely N-dealkylation sites (tertiary alicyclic amines) is 1. The molecule has 1 unspecified atom stereocenters. The van der Waals surface area contributed by atoms with Crippen molar-refractivity contribution in [3.05, 3.63) is 28.7 Å². The van der Waals surface area contributed by atoms with E-state index in [0.29, 0.717) is 12.6 Å². The van der Waals surface area contributed by atoms with Crippen LogP contribution in [0.15, 0.2) is 28.7 Å². The summed E-state index contributed by atoms with van der Waals surface area (Å²) in [6.07, 6.45) is 3.33. The summed E-state index contributed by atoms with van der Waals surface area (Å²) in [5.41, 5.74) is 0.357. The number of carbonyl (C=O) groups excluding carboxylic acids is 1. The molecule has 1 saturated carbocycles. The molecule has 1 atom stereocenters. The molecule has 0 spiro atoms. The normalized spacial score (nSPS) is 25.8. The zero-order valence-corrected chi connectivity index (χ0v) is 13.9. The summed E-state index contributed by atoms with van der Waals surface area (Å²) in [4.78, 5) is 14.9. The summed E-state index contributed by atoms with van der Waals surface area (Å²) < 4.78 is 6.37. The van der Waals surface area contributed by atoms with Gasteiger partial charge in [0.2, 0.25) is 0 Å². The minimum absolute atomic E-state index is 0.129. The van der Waals surface area contributed by atoms with Crippen LogP contribution in [0.4, 0.5) is 5.69 Å². The summed E-state index contributed by atoms with van der Waals surface area (Å²) >= 11 is 3.43. The zero-order valence-electron chi connectivity index (χ0n) is 12.3. The van der Waals surface area contributed by atoms with Crippen molar-refractivity contribution in [2.75, 3.05) is 25.0 Å². The third-order valence-corrected chi connectivity index (χ3v) is 4.78. The quantitative estimate of drug-likeness (QED) is 0.827. The molecule has 0 radical (unpaired) electrons. The van der Waals surface area contributed by atoms with Crippen LogP contribution in [0, 0.1) is 0 Å². The fraction of sp³-hybridized carbons (Fsp3) is 0.562. The number of benzene rings is 1. The van der Waals surface area contributed by atoms with Crippen LogP contribution in [-0.2, 0) is 9.53 Å². The van der Waals surface area contributed by atoms with E-state index in [0.717, 1.165) is 29.7 Å². The highest BCUT2D eigenvalue weighted by Crippen LogP contribution is 2.36. The molecule has 1 aliphatic heterocycles. The summed E-state index contributed by atoms with van der Waals surface area (Å²) in [7, 11) is 0. The van der Waals surface area contributed by atoms with Crippen molar-refractivity contribution in [3.63, 3.8) is 0 Å². The molecule has 4 nitrogen and oxygen atoms in total. The number of esters is 1. The van der Waals surface area contributed by atoms with Gasteiger partial charge < -0.3 is 10.1 Å². The average molecular weight is 353 g/mol. The molecule has 0 aromatic heterocycles. The van der Waals surface area contributed by atoms with E-state index < -0.39 is 5.54 Å². The molecule has 1 aliphatic carbocycles. The number of carbonyl (C=O) groups is 1. The number of rotatable bonds is 5. The van der Waals surface area contributed by atoms with E-state index in [9.17, 15) is 4.79 Å². The molecule has 1 aromatic rings. The molecule has 0 bridgehead atoms. The Morgan fingerprint density at radius 3 is 2.76 bits per heavy atom. The van der Waals surface area contributed by atoms with Gasteiger partial charge in [0.05, 0.1) is 6.61 Å². The third-order valence-electron chi connectivity index (χ3n) is 4.26. The van der Waals surface area contributed by atoms with Crippen molar-refractivity contribution < 1.29 is 9.53 Å². The van der Waals surface area contributed by atoms with Gasteiger partial charge in [-0.25, -0.2) is 4.79 Å². The van der Waals surface area contributed by atoms with Crippen molar-refractivity contribution in [1.82, 2.24) is 4.90 Å². The van der Waals surface area contributed by atoms with Gasteiger partial charge in [-0.1, -0.05) is 15.9 Å². The second kappa shape index (κ2) is 5.97. The minimum Gasteiger partial charge on any atom is -0.464 e. The summed E-state index contributed by atoms with van der Waals surface area (Å²) in [5, 5.41) is 3.44. The molecule has 21 heavy (non-hydrogen) atoms. The maximum absolute atomic E-state index is 12.5. The number of halogens is 1. The molecule has 114 valence electrons. The fourth-order valence-electron chi connectivity index (χ4n) is 2.99. The van der Waals surface area contributed by atoms with Crippen LogP contribution in [0.25, 0.3) is 0 Å². The largest absolute Gasteiger partial charge is 0.464 e. The maximum Gasteiger partial charge on any atom is 0.333 e. The van der Waals surface area contributed by atoms with E-state index in [2.05, 4.69) is 26.1 Å². The molecule has 1 saturated heterocycles. The molecule has 5 heteroatoms. The van der Waals surface area contributed by atoms with Crippen LogP contribution >= 0.6 is 15.9 Å². The zero-order chi connectivity index (χ0) is 14.9. The van der Waals surface area contributed by atoms with Gasteiger partial charge in [-0.3, -0.25) is 4.90 Å². The molecule has 3 rings (SSSR count). The summed E-state index contributed by atoms with van der Waals surface area (Å²) in [6.45, 7) is 3.99. The first kappa shape index (κ1) is 14.9. The number of anilines is 1. The lowest BCUT2D eigenvalue weighted by atomic mass is 9.98. The van der Waals surface area contributed by atoms with Gasteiger partial charge in [0, 0.05) is 29.3 Å². The minimum atomic E-state index is -0.605. The van der Waals surface area contributed by atoms with E-state index in [1.165, 1.54) is 12.8 Å². The van der Waals surface area contributed by atoms with Gasteiger partial charge in [0.25, 0.3) is 0 Å². The Morgan fingerprint density at radius 2 is 2.14 bits per heavy atom. The Bertz CT molecular complexity index is 516. The Morgan fingerprint density at radius 1 is 1.43 bits per heavy atom. The van der Waals surface area contributed by atoms with Gasteiger partial charge in [-0.2, -0.15) is 0 Å². The molecule has 2 fully saturated rings. The monoisotopic (exact) mass is 352 g/mol. The first-order chi connectivity index (χ1) is 10.1. The van der Waals surface area contributed by atoms with Crippen LogP contribution in [0.2, 0.25) is 0 Å². The highest BCUT2D eigenvalue weighted by Gasteiger charge is 2.49. The SMILES string of the molecule is CCOC(=O)C1(Nc2ccc(Br)cc2)CCN(C2CC2)C1. The fourth-order valence-corrected chi connectivity index (χ4v) is 3.25. The molecule has 0 amide bonds.